The standard InChI is InChI=1S/C14H17N5O5/c1-14(2)6-9(18-23-3)8-4-7(12(20)17-13(15)16)5-10(19(21)22)11(8)24-14/h4-5H,6H2,1-3H3,(H4,15,16,17,20). The highest BCUT2D eigenvalue weighted by Crippen LogP contribution is 2.41. The van der Waals surface area contributed by atoms with E-state index < -0.39 is 22.4 Å². The van der Waals surface area contributed by atoms with Crippen molar-refractivity contribution in [2.45, 2.75) is 25.9 Å². The van der Waals surface area contributed by atoms with Crippen molar-refractivity contribution in [3.05, 3.63) is 33.4 Å². The van der Waals surface area contributed by atoms with E-state index in [1.165, 1.54) is 13.2 Å². The molecule has 1 aromatic rings. The van der Waals surface area contributed by atoms with Crippen molar-refractivity contribution in [1.29, 1.82) is 0 Å². The number of nitrogens with zero attached hydrogens (tertiary/aromatic N) is 3. The number of nitrogens with two attached hydrogens (primary N) is 2. The minimum atomic E-state index is -0.803. The summed E-state index contributed by atoms with van der Waals surface area (Å²) in [6.45, 7) is 3.53. The number of carbonyl (C=O) groups excluding carboxylic acids is 1. The van der Waals surface area contributed by atoms with Gasteiger partial charge in [-0.25, -0.2) is 0 Å². The molecule has 0 saturated carbocycles. The van der Waals surface area contributed by atoms with Gasteiger partial charge in [0, 0.05) is 23.6 Å². The Balaban J connectivity index is 2.72. The fourth-order valence-corrected chi connectivity index (χ4v) is 2.38. The molecule has 0 aromatic heterocycles. The van der Waals surface area contributed by atoms with E-state index in [1.54, 1.807) is 13.8 Å². The van der Waals surface area contributed by atoms with Crippen molar-refractivity contribution in [3.63, 3.8) is 0 Å². The lowest BCUT2D eigenvalue weighted by Gasteiger charge is -2.32. The number of nitro benzene ring substituents is 1. The fraction of sp³-hybridized carbons (Fsp3) is 0.357. The molecule has 1 aliphatic heterocycles. The largest absolute Gasteiger partial charge is 0.480 e. The summed E-state index contributed by atoms with van der Waals surface area (Å²) >= 11 is 0. The number of nitro groups is 1. The van der Waals surface area contributed by atoms with Crippen LogP contribution in [0.4, 0.5) is 5.69 Å². The molecular weight excluding hydrogens is 318 g/mol. The van der Waals surface area contributed by atoms with Crippen molar-refractivity contribution in [1.82, 2.24) is 0 Å². The smallest absolute Gasteiger partial charge is 0.312 e. The number of benzene rings is 1. The zero-order valence-electron chi connectivity index (χ0n) is 13.4. The quantitative estimate of drug-likeness (QED) is 0.360. The molecule has 128 valence electrons. The lowest BCUT2D eigenvalue weighted by atomic mass is 9.90. The molecule has 1 heterocycles. The minimum absolute atomic E-state index is 0.0216. The second kappa shape index (κ2) is 6.14. The van der Waals surface area contributed by atoms with Gasteiger partial charge in [0.05, 0.1) is 10.6 Å². The van der Waals surface area contributed by atoms with Crippen LogP contribution in [-0.4, -0.2) is 35.2 Å². The molecule has 1 amide bonds. The molecule has 10 heteroatoms. The van der Waals surface area contributed by atoms with E-state index in [2.05, 4.69) is 10.1 Å². The first-order valence-corrected chi connectivity index (χ1v) is 6.90. The Morgan fingerprint density at radius 2 is 2.08 bits per heavy atom. The Hall–Kier alpha value is -3.17. The summed E-state index contributed by atoms with van der Waals surface area (Å²) in [5.74, 6) is -1.22. The molecule has 0 bridgehead atoms. The van der Waals surface area contributed by atoms with Gasteiger partial charge < -0.3 is 21.0 Å². The molecule has 0 radical (unpaired) electrons. The Bertz CT molecular complexity index is 765. The van der Waals surface area contributed by atoms with E-state index in [-0.39, 0.29) is 17.0 Å². The molecule has 0 atom stereocenters. The summed E-state index contributed by atoms with van der Waals surface area (Å²) in [5, 5.41) is 15.3. The van der Waals surface area contributed by atoms with Crippen LogP contribution >= 0.6 is 0 Å². The third kappa shape index (κ3) is 3.42. The van der Waals surface area contributed by atoms with Gasteiger partial charge in [0.1, 0.15) is 12.7 Å². The Kier molecular flexibility index (Phi) is 4.40. The van der Waals surface area contributed by atoms with Crippen molar-refractivity contribution in [3.8, 4) is 5.75 Å². The first kappa shape index (κ1) is 17.2. The number of amides is 1. The van der Waals surface area contributed by atoms with Gasteiger partial charge in [0.25, 0.3) is 5.91 Å². The summed E-state index contributed by atoms with van der Waals surface area (Å²) in [5.41, 5.74) is 9.92. The van der Waals surface area contributed by atoms with Crippen LogP contribution in [0.2, 0.25) is 0 Å². The van der Waals surface area contributed by atoms with Gasteiger partial charge in [0.2, 0.25) is 5.75 Å². The lowest BCUT2D eigenvalue weighted by Crippen LogP contribution is -2.36. The molecule has 1 aromatic carbocycles. The van der Waals surface area contributed by atoms with Crippen molar-refractivity contribution >= 4 is 23.3 Å². The molecule has 0 unspecified atom stereocenters. The first-order valence-electron chi connectivity index (χ1n) is 6.90. The van der Waals surface area contributed by atoms with Crippen LogP contribution in [0.5, 0.6) is 5.75 Å². The predicted molar refractivity (Wildman–Crippen MR) is 86.1 cm³/mol. The highest BCUT2D eigenvalue weighted by atomic mass is 16.6. The summed E-state index contributed by atoms with van der Waals surface area (Å²) in [6, 6.07) is 2.46. The molecule has 4 N–H and O–H groups in total. The van der Waals surface area contributed by atoms with Crippen LogP contribution in [-0.2, 0) is 4.84 Å². The number of oxime groups is 1. The molecule has 0 saturated heterocycles. The van der Waals surface area contributed by atoms with Gasteiger partial charge in [-0.15, -0.1) is 0 Å². The molecule has 1 aliphatic rings. The van der Waals surface area contributed by atoms with Crippen LogP contribution in [0.3, 0.4) is 0 Å². The topological polar surface area (TPSA) is 155 Å². The van der Waals surface area contributed by atoms with Gasteiger partial charge in [0.15, 0.2) is 5.96 Å². The van der Waals surface area contributed by atoms with Crippen LogP contribution in [0.25, 0.3) is 0 Å². The number of fused-ring (bicyclic) bond motifs is 1. The van der Waals surface area contributed by atoms with Gasteiger partial charge in [-0.1, -0.05) is 5.16 Å². The number of aliphatic imine (C=N–C) groups is 1. The van der Waals surface area contributed by atoms with Gasteiger partial charge in [-0.2, -0.15) is 4.99 Å². The zero-order chi connectivity index (χ0) is 18.1. The van der Waals surface area contributed by atoms with E-state index >= 15 is 0 Å². The Labute approximate surface area is 137 Å². The summed E-state index contributed by atoms with van der Waals surface area (Å²) in [6.07, 6.45) is 0.338. The van der Waals surface area contributed by atoms with Crippen LogP contribution in [0.15, 0.2) is 22.3 Å². The van der Waals surface area contributed by atoms with E-state index in [1.807, 2.05) is 0 Å². The lowest BCUT2D eigenvalue weighted by molar-refractivity contribution is -0.386. The molecule has 2 rings (SSSR count). The monoisotopic (exact) mass is 335 g/mol. The van der Waals surface area contributed by atoms with Gasteiger partial charge in [-0.05, 0) is 19.9 Å². The molecule has 24 heavy (non-hydrogen) atoms. The second-order valence-electron chi connectivity index (χ2n) is 5.73. The van der Waals surface area contributed by atoms with Crippen LogP contribution in [0.1, 0.15) is 36.2 Å². The third-order valence-corrected chi connectivity index (χ3v) is 3.23. The van der Waals surface area contributed by atoms with Gasteiger partial charge in [-0.3, -0.25) is 14.9 Å². The van der Waals surface area contributed by atoms with Crippen molar-refractivity contribution < 1.29 is 19.3 Å². The number of ether oxygens (including phenoxy) is 1. The highest BCUT2D eigenvalue weighted by molar-refractivity contribution is 6.09. The first-order chi connectivity index (χ1) is 11.1. The van der Waals surface area contributed by atoms with Crippen LogP contribution < -0.4 is 16.2 Å². The normalized spacial score (nSPS) is 16.7. The highest BCUT2D eigenvalue weighted by Gasteiger charge is 2.37. The van der Waals surface area contributed by atoms with Crippen LogP contribution in [0, 0.1) is 10.1 Å². The summed E-state index contributed by atoms with van der Waals surface area (Å²) in [7, 11) is 1.36. The van der Waals surface area contributed by atoms with E-state index in [0.29, 0.717) is 17.7 Å². The summed E-state index contributed by atoms with van der Waals surface area (Å²) < 4.78 is 5.73. The SMILES string of the molecule is CON=C1CC(C)(C)Oc2c1cc(C(=O)N=C(N)N)cc2[N+](=O)[O-]. The maximum atomic E-state index is 12.0. The molecule has 0 spiro atoms. The molecular formula is C14H17N5O5. The maximum absolute atomic E-state index is 12.0. The zero-order valence-corrected chi connectivity index (χ0v) is 13.4. The minimum Gasteiger partial charge on any atom is -0.480 e. The molecule has 10 nitrogen and oxygen atoms in total. The number of hydrogen-bond donors (Lipinski definition) is 2. The maximum Gasteiger partial charge on any atom is 0.312 e. The third-order valence-electron chi connectivity index (χ3n) is 3.23. The number of hydrogen-bond acceptors (Lipinski definition) is 6. The van der Waals surface area contributed by atoms with Crippen molar-refractivity contribution in [2.24, 2.45) is 21.6 Å². The van der Waals surface area contributed by atoms with E-state index in [9.17, 15) is 14.9 Å². The molecule has 0 aliphatic carbocycles. The van der Waals surface area contributed by atoms with Crippen molar-refractivity contribution in [2.75, 3.05) is 7.11 Å². The number of rotatable bonds is 3. The predicted octanol–water partition coefficient (Wildman–Crippen LogP) is 0.920. The molecule has 0 fully saturated rings. The van der Waals surface area contributed by atoms with Gasteiger partial charge >= 0.3 is 5.69 Å². The number of carbonyl (C=O) groups is 1. The Morgan fingerprint density at radius 3 is 2.62 bits per heavy atom. The summed E-state index contributed by atoms with van der Waals surface area (Å²) in [4.78, 5) is 31.0. The Morgan fingerprint density at radius 1 is 1.42 bits per heavy atom. The van der Waals surface area contributed by atoms with E-state index in [4.69, 9.17) is 21.0 Å². The number of guanidine groups is 1. The van der Waals surface area contributed by atoms with E-state index in [0.717, 1.165) is 6.07 Å². The second-order valence-corrected chi connectivity index (χ2v) is 5.73. The average Bonchev–Trinajstić information content (AvgIpc) is 2.44. The fourth-order valence-electron chi connectivity index (χ4n) is 2.38. The average molecular weight is 335 g/mol.